The molecule has 0 bridgehead atoms. The first-order chi connectivity index (χ1) is 7.34. The summed E-state index contributed by atoms with van der Waals surface area (Å²) < 4.78 is 5.59. The Balaban J connectivity index is 1.77. The van der Waals surface area contributed by atoms with Crippen LogP contribution >= 0.6 is 0 Å². The summed E-state index contributed by atoms with van der Waals surface area (Å²) in [5.41, 5.74) is 6.51. The molecule has 0 saturated carbocycles. The molecule has 1 amide bonds. The zero-order chi connectivity index (χ0) is 10.5. The van der Waals surface area contributed by atoms with Crippen molar-refractivity contribution in [2.75, 3.05) is 0 Å². The van der Waals surface area contributed by atoms with Crippen LogP contribution in [0.25, 0.3) is 0 Å². The lowest BCUT2D eigenvalue weighted by Crippen LogP contribution is -2.50. The van der Waals surface area contributed by atoms with Gasteiger partial charge in [-0.05, 0) is 12.0 Å². The first kappa shape index (κ1) is 10.1. The predicted octanol–water partition coefficient (Wildman–Crippen LogP) is 0.944. The minimum atomic E-state index is -0.0806. The molecular formula is C11H14N2O2. The Labute approximate surface area is 88.6 Å². The summed E-state index contributed by atoms with van der Waals surface area (Å²) in [6, 6.07) is 9.97. The lowest BCUT2D eigenvalue weighted by atomic mass is 10.2. The molecule has 0 aromatic heterocycles. The first-order valence-electron chi connectivity index (χ1n) is 5.04. The zero-order valence-corrected chi connectivity index (χ0v) is 8.40. The Bertz CT molecular complexity index is 317. The fourth-order valence-corrected chi connectivity index (χ4v) is 1.45. The molecule has 1 saturated heterocycles. The average Bonchev–Trinajstić information content (AvgIpc) is 2.30. The van der Waals surface area contributed by atoms with Gasteiger partial charge in [0.05, 0.1) is 6.61 Å². The second-order valence-corrected chi connectivity index (χ2v) is 3.52. The van der Waals surface area contributed by atoms with E-state index in [0.29, 0.717) is 13.0 Å². The molecule has 4 heteroatoms. The van der Waals surface area contributed by atoms with E-state index in [1.165, 1.54) is 0 Å². The molecule has 15 heavy (non-hydrogen) atoms. The molecule has 1 aliphatic heterocycles. The standard InChI is InChI=1S/C11H14N2O2/c14-10-6-7-11(13-12-10)15-8-9-4-2-1-3-5-9/h1-5,11,13H,6-8H2,(H,12,14). The van der Waals surface area contributed by atoms with Gasteiger partial charge in [-0.1, -0.05) is 30.3 Å². The number of hydrazine groups is 1. The smallest absolute Gasteiger partial charge is 0.234 e. The number of ether oxygens (including phenoxy) is 1. The van der Waals surface area contributed by atoms with Crippen LogP contribution in [0.2, 0.25) is 0 Å². The van der Waals surface area contributed by atoms with Gasteiger partial charge in [0.2, 0.25) is 5.91 Å². The second-order valence-electron chi connectivity index (χ2n) is 3.52. The van der Waals surface area contributed by atoms with Gasteiger partial charge < -0.3 is 4.74 Å². The van der Waals surface area contributed by atoms with E-state index in [0.717, 1.165) is 12.0 Å². The summed E-state index contributed by atoms with van der Waals surface area (Å²) in [6.45, 7) is 0.564. The maximum absolute atomic E-state index is 10.9. The summed E-state index contributed by atoms with van der Waals surface area (Å²) >= 11 is 0. The van der Waals surface area contributed by atoms with Gasteiger partial charge >= 0.3 is 0 Å². The highest BCUT2D eigenvalue weighted by molar-refractivity contribution is 5.75. The van der Waals surface area contributed by atoms with Gasteiger partial charge in [-0.15, -0.1) is 0 Å². The van der Waals surface area contributed by atoms with Crippen molar-refractivity contribution in [1.29, 1.82) is 0 Å². The van der Waals surface area contributed by atoms with E-state index in [9.17, 15) is 4.79 Å². The third kappa shape index (κ3) is 3.04. The van der Waals surface area contributed by atoms with Crippen molar-refractivity contribution in [3.63, 3.8) is 0 Å². The van der Waals surface area contributed by atoms with Crippen molar-refractivity contribution in [2.24, 2.45) is 0 Å². The molecule has 1 heterocycles. The van der Waals surface area contributed by atoms with E-state index in [2.05, 4.69) is 10.9 Å². The maximum atomic E-state index is 10.9. The predicted molar refractivity (Wildman–Crippen MR) is 55.5 cm³/mol. The molecule has 1 fully saturated rings. The number of amides is 1. The van der Waals surface area contributed by atoms with Crippen LogP contribution < -0.4 is 10.9 Å². The normalized spacial score (nSPS) is 21.1. The molecule has 0 spiro atoms. The number of hydrogen-bond donors (Lipinski definition) is 2. The fraction of sp³-hybridized carbons (Fsp3) is 0.364. The fourth-order valence-electron chi connectivity index (χ4n) is 1.45. The minimum Gasteiger partial charge on any atom is -0.357 e. The van der Waals surface area contributed by atoms with Crippen LogP contribution in [0.15, 0.2) is 30.3 Å². The summed E-state index contributed by atoms with van der Waals surface area (Å²) in [4.78, 5) is 10.9. The molecule has 4 nitrogen and oxygen atoms in total. The molecule has 2 rings (SSSR count). The Kier molecular flexibility index (Phi) is 3.32. The maximum Gasteiger partial charge on any atom is 0.234 e. The Morgan fingerprint density at radius 1 is 1.33 bits per heavy atom. The number of carbonyl (C=O) groups excluding carboxylic acids is 1. The van der Waals surface area contributed by atoms with Gasteiger partial charge in [0.25, 0.3) is 0 Å². The molecular weight excluding hydrogens is 192 g/mol. The third-order valence-corrected chi connectivity index (χ3v) is 2.30. The van der Waals surface area contributed by atoms with Crippen molar-refractivity contribution in [3.05, 3.63) is 35.9 Å². The lowest BCUT2D eigenvalue weighted by molar-refractivity contribution is -0.128. The Morgan fingerprint density at radius 2 is 2.13 bits per heavy atom. The highest BCUT2D eigenvalue weighted by Gasteiger charge is 2.17. The minimum absolute atomic E-state index is 0.0227. The molecule has 1 aromatic rings. The molecule has 1 aromatic carbocycles. The lowest BCUT2D eigenvalue weighted by Gasteiger charge is -2.23. The first-order valence-corrected chi connectivity index (χ1v) is 5.04. The zero-order valence-electron chi connectivity index (χ0n) is 8.40. The van der Waals surface area contributed by atoms with Crippen LogP contribution in [0.3, 0.4) is 0 Å². The van der Waals surface area contributed by atoms with Gasteiger partial charge in [0, 0.05) is 6.42 Å². The van der Waals surface area contributed by atoms with Crippen LogP contribution in [0, 0.1) is 0 Å². The highest BCUT2D eigenvalue weighted by Crippen LogP contribution is 2.07. The molecule has 1 aliphatic rings. The van der Waals surface area contributed by atoms with E-state index in [4.69, 9.17) is 4.74 Å². The van der Waals surface area contributed by atoms with E-state index in [1.807, 2.05) is 30.3 Å². The number of rotatable bonds is 3. The topological polar surface area (TPSA) is 50.4 Å². The number of benzene rings is 1. The average molecular weight is 206 g/mol. The van der Waals surface area contributed by atoms with Crippen LogP contribution in [-0.2, 0) is 16.1 Å². The van der Waals surface area contributed by atoms with Crippen LogP contribution in [0.5, 0.6) is 0 Å². The van der Waals surface area contributed by atoms with Gasteiger partial charge in [0.15, 0.2) is 0 Å². The van der Waals surface area contributed by atoms with E-state index in [-0.39, 0.29) is 12.1 Å². The molecule has 2 N–H and O–H groups in total. The molecule has 1 unspecified atom stereocenters. The molecule has 0 radical (unpaired) electrons. The Hall–Kier alpha value is -1.39. The molecule has 80 valence electrons. The van der Waals surface area contributed by atoms with Crippen molar-refractivity contribution in [3.8, 4) is 0 Å². The summed E-state index contributed by atoms with van der Waals surface area (Å²) in [6.07, 6.45) is 1.16. The van der Waals surface area contributed by atoms with E-state index >= 15 is 0 Å². The largest absolute Gasteiger partial charge is 0.357 e. The summed E-state index contributed by atoms with van der Waals surface area (Å²) in [5, 5.41) is 0. The number of carbonyl (C=O) groups is 1. The van der Waals surface area contributed by atoms with Gasteiger partial charge in [0.1, 0.15) is 6.23 Å². The molecule has 0 aliphatic carbocycles. The van der Waals surface area contributed by atoms with Gasteiger partial charge in [-0.25, -0.2) is 5.43 Å². The van der Waals surface area contributed by atoms with Gasteiger partial charge in [-0.2, -0.15) is 0 Å². The highest BCUT2D eigenvalue weighted by atomic mass is 16.5. The van der Waals surface area contributed by atoms with Crippen molar-refractivity contribution >= 4 is 5.91 Å². The number of nitrogens with one attached hydrogen (secondary N) is 2. The SMILES string of the molecule is O=C1CCC(OCc2ccccc2)NN1. The van der Waals surface area contributed by atoms with Crippen molar-refractivity contribution in [2.45, 2.75) is 25.7 Å². The van der Waals surface area contributed by atoms with Crippen LogP contribution in [0.1, 0.15) is 18.4 Å². The molecule has 1 atom stereocenters. The third-order valence-electron chi connectivity index (χ3n) is 2.30. The van der Waals surface area contributed by atoms with Crippen molar-refractivity contribution < 1.29 is 9.53 Å². The quantitative estimate of drug-likeness (QED) is 0.774. The monoisotopic (exact) mass is 206 g/mol. The van der Waals surface area contributed by atoms with E-state index in [1.54, 1.807) is 0 Å². The Morgan fingerprint density at radius 3 is 2.80 bits per heavy atom. The van der Waals surface area contributed by atoms with E-state index < -0.39 is 0 Å². The van der Waals surface area contributed by atoms with Gasteiger partial charge in [-0.3, -0.25) is 10.2 Å². The second kappa shape index (κ2) is 4.91. The van der Waals surface area contributed by atoms with Crippen LogP contribution in [-0.4, -0.2) is 12.1 Å². The number of hydrogen-bond acceptors (Lipinski definition) is 3. The van der Waals surface area contributed by atoms with Crippen molar-refractivity contribution in [1.82, 2.24) is 10.9 Å². The summed E-state index contributed by atoms with van der Waals surface area (Å²) in [5.74, 6) is 0.0227. The van der Waals surface area contributed by atoms with Crippen LogP contribution in [0.4, 0.5) is 0 Å². The summed E-state index contributed by atoms with van der Waals surface area (Å²) in [7, 11) is 0.